The van der Waals surface area contributed by atoms with E-state index in [-0.39, 0.29) is 29.1 Å². The van der Waals surface area contributed by atoms with E-state index in [9.17, 15) is 15.0 Å². The Hall–Kier alpha value is -4.26. The Bertz CT molecular complexity index is 1510. The molecular formula is C40H51N3O4. The molecule has 0 aliphatic rings. The Morgan fingerprint density at radius 1 is 0.660 bits per heavy atom. The second-order valence-corrected chi connectivity index (χ2v) is 13.0. The molecule has 0 saturated carbocycles. The maximum absolute atomic E-state index is 13.4. The summed E-state index contributed by atoms with van der Waals surface area (Å²) in [4.78, 5) is 27.3. The predicted octanol–water partition coefficient (Wildman–Crippen LogP) is 10.3. The summed E-state index contributed by atoms with van der Waals surface area (Å²) in [5.41, 5.74) is 1.88. The van der Waals surface area contributed by atoms with Gasteiger partial charge in [-0.3, -0.25) is 0 Å². The number of nitrogens with zero attached hydrogens (tertiary/aromatic N) is 3. The Balaban J connectivity index is 1.52. The number of phenols is 2. The van der Waals surface area contributed by atoms with Gasteiger partial charge in [0.15, 0.2) is 17.5 Å². The maximum atomic E-state index is 13.4. The van der Waals surface area contributed by atoms with Gasteiger partial charge in [-0.2, -0.15) is 0 Å². The van der Waals surface area contributed by atoms with Gasteiger partial charge in [0.25, 0.3) is 0 Å². The molecule has 0 bridgehead atoms. The number of hydrogen-bond donors (Lipinski definition) is 2. The number of aromatic nitrogens is 3. The minimum absolute atomic E-state index is 0.0273. The van der Waals surface area contributed by atoms with E-state index < -0.39 is 0 Å². The van der Waals surface area contributed by atoms with Crippen LogP contribution in [0.1, 0.15) is 102 Å². The topological polar surface area (TPSA) is 105 Å². The van der Waals surface area contributed by atoms with Crippen LogP contribution < -0.4 is 0 Å². The molecule has 0 amide bonds. The van der Waals surface area contributed by atoms with Crippen molar-refractivity contribution in [3.63, 3.8) is 0 Å². The van der Waals surface area contributed by atoms with Gasteiger partial charge in [0.05, 0.1) is 23.3 Å². The highest BCUT2D eigenvalue weighted by atomic mass is 16.5. The average molecular weight is 638 g/mol. The molecule has 0 spiro atoms. The molecular weight excluding hydrogens is 586 g/mol. The zero-order valence-corrected chi connectivity index (χ0v) is 28.5. The normalized spacial score (nSPS) is 13.2. The monoisotopic (exact) mass is 637 g/mol. The Morgan fingerprint density at radius 2 is 1.19 bits per heavy atom. The average Bonchev–Trinajstić information content (AvgIpc) is 3.09. The molecule has 0 fully saturated rings. The summed E-state index contributed by atoms with van der Waals surface area (Å²) in [6.45, 7) is 9.54. The van der Waals surface area contributed by atoms with E-state index in [1.807, 2.05) is 6.07 Å². The third kappa shape index (κ3) is 10.6. The number of aromatic hydroxyl groups is 2. The molecule has 4 aromatic rings. The van der Waals surface area contributed by atoms with Crippen LogP contribution in [0.2, 0.25) is 0 Å². The van der Waals surface area contributed by atoms with Gasteiger partial charge < -0.3 is 14.9 Å². The largest absolute Gasteiger partial charge is 0.507 e. The summed E-state index contributed by atoms with van der Waals surface area (Å²) in [6.07, 6.45) is 11.8. The van der Waals surface area contributed by atoms with Crippen LogP contribution >= 0.6 is 0 Å². The first kappa shape index (κ1) is 35.6. The lowest BCUT2D eigenvalue weighted by Crippen LogP contribution is -2.15. The Labute approximate surface area is 280 Å². The zero-order valence-electron chi connectivity index (χ0n) is 28.5. The molecule has 3 aromatic carbocycles. The van der Waals surface area contributed by atoms with Crippen molar-refractivity contribution >= 4 is 5.97 Å². The minimum atomic E-state index is -0.369. The van der Waals surface area contributed by atoms with Gasteiger partial charge in [0.1, 0.15) is 11.5 Å². The standard InChI is InChI=1S/C40H51N3O4/c1-5-28(3)16-8-7-9-18-30(19-14-17-29(4)6-2)27-47-40(46)32-21-15-20-31(26-32)37-41-38(33-22-10-12-24-35(33)44)43-39(42-37)34-23-11-13-25-36(34)45/h10-13,15,20-26,28-30,44-45H,5-9,14,16-19,27H2,1-4H3. The highest BCUT2D eigenvalue weighted by Gasteiger charge is 2.19. The molecule has 1 heterocycles. The minimum Gasteiger partial charge on any atom is -0.507 e. The molecule has 2 N–H and O–H groups in total. The van der Waals surface area contributed by atoms with E-state index in [0.29, 0.717) is 46.5 Å². The van der Waals surface area contributed by atoms with E-state index in [4.69, 9.17) is 4.74 Å². The summed E-state index contributed by atoms with van der Waals surface area (Å²) >= 11 is 0. The lowest BCUT2D eigenvalue weighted by atomic mass is 9.92. The van der Waals surface area contributed by atoms with Crippen LogP contribution in [0.15, 0.2) is 72.8 Å². The summed E-state index contributed by atoms with van der Waals surface area (Å²) in [6, 6.07) is 20.7. The summed E-state index contributed by atoms with van der Waals surface area (Å²) < 4.78 is 5.94. The molecule has 0 saturated heterocycles. The van der Waals surface area contributed by atoms with Crippen molar-refractivity contribution < 1.29 is 19.7 Å². The molecule has 47 heavy (non-hydrogen) atoms. The first-order valence-electron chi connectivity index (χ1n) is 17.4. The van der Waals surface area contributed by atoms with Gasteiger partial charge in [0.2, 0.25) is 0 Å². The quantitative estimate of drug-likeness (QED) is 0.0826. The van der Waals surface area contributed by atoms with E-state index in [2.05, 4.69) is 42.6 Å². The number of unbranched alkanes of at least 4 members (excludes halogenated alkanes) is 2. The van der Waals surface area contributed by atoms with Crippen LogP contribution in [0.5, 0.6) is 11.5 Å². The van der Waals surface area contributed by atoms with E-state index >= 15 is 0 Å². The number of rotatable bonds is 18. The molecule has 7 nitrogen and oxygen atoms in total. The predicted molar refractivity (Wildman–Crippen MR) is 189 cm³/mol. The third-order valence-corrected chi connectivity index (χ3v) is 9.24. The van der Waals surface area contributed by atoms with Crippen LogP contribution in [0.25, 0.3) is 34.2 Å². The number of para-hydroxylation sites is 2. The summed E-state index contributed by atoms with van der Waals surface area (Å²) in [7, 11) is 0. The van der Waals surface area contributed by atoms with Crippen molar-refractivity contribution in [1.29, 1.82) is 0 Å². The Morgan fingerprint density at radius 3 is 1.79 bits per heavy atom. The van der Waals surface area contributed by atoms with Crippen LogP contribution in [-0.2, 0) is 4.74 Å². The number of phenolic OH excluding ortho intramolecular Hbond substituents is 2. The van der Waals surface area contributed by atoms with Gasteiger partial charge in [0, 0.05) is 5.56 Å². The fourth-order valence-corrected chi connectivity index (χ4v) is 5.71. The fraction of sp³-hybridized carbons (Fsp3) is 0.450. The van der Waals surface area contributed by atoms with Crippen LogP contribution in [0.3, 0.4) is 0 Å². The number of hydrogen-bond acceptors (Lipinski definition) is 7. The molecule has 4 rings (SSSR count). The van der Waals surface area contributed by atoms with Crippen LogP contribution in [0, 0.1) is 17.8 Å². The van der Waals surface area contributed by atoms with E-state index in [1.54, 1.807) is 66.7 Å². The molecule has 1 aromatic heterocycles. The lowest BCUT2D eigenvalue weighted by molar-refractivity contribution is 0.0421. The van der Waals surface area contributed by atoms with Crippen LogP contribution in [-0.4, -0.2) is 37.7 Å². The summed E-state index contributed by atoms with van der Waals surface area (Å²) in [5, 5.41) is 21.1. The first-order chi connectivity index (χ1) is 22.8. The smallest absolute Gasteiger partial charge is 0.338 e. The third-order valence-electron chi connectivity index (χ3n) is 9.24. The fourth-order valence-electron chi connectivity index (χ4n) is 5.71. The van der Waals surface area contributed by atoms with Gasteiger partial charge in [-0.25, -0.2) is 19.7 Å². The van der Waals surface area contributed by atoms with Crippen molar-refractivity contribution in [3.8, 4) is 45.7 Å². The van der Waals surface area contributed by atoms with E-state index in [1.165, 1.54) is 38.5 Å². The lowest BCUT2D eigenvalue weighted by Gasteiger charge is -2.18. The Kier molecular flexibility index (Phi) is 13.8. The van der Waals surface area contributed by atoms with Gasteiger partial charge in [-0.05, 0) is 67.0 Å². The van der Waals surface area contributed by atoms with Gasteiger partial charge in [-0.15, -0.1) is 0 Å². The molecule has 3 atom stereocenters. The zero-order chi connectivity index (χ0) is 33.6. The number of benzene rings is 3. The van der Waals surface area contributed by atoms with Crippen molar-refractivity contribution in [1.82, 2.24) is 15.0 Å². The van der Waals surface area contributed by atoms with Crippen molar-refractivity contribution in [2.45, 2.75) is 91.9 Å². The molecule has 3 unspecified atom stereocenters. The van der Waals surface area contributed by atoms with Crippen LogP contribution in [0.4, 0.5) is 0 Å². The van der Waals surface area contributed by atoms with Crippen molar-refractivity contribution in [2.75, 3.05) is 6.61 Å². The van der Waals surface area contributed by atoms with E-state index in [0.717, 1.165) is 31.6 Å². The highest BCUT2D eigenvalue weighted by molar-refractivity contribution is 5.90. The molecule has 250 valence electrons. The number of carbonyl (C=O) groups excluding carboxylic acids is 1. The summed E-state index contributed by atoms with van der Waals surface area (Å²) in [5.74, 6) is 2.35. The first-order valence-corrected chi connectivity index (χ1v) is 17.4. The van der Waals surface area contributed by atoms with Gasteiger partial charge >= 0.3 is 5.97 Å². The van der Waals surface area contributed by atoms with Crippen molar-refractivity contribution in [2.24, 2.45) is 17.8 Å². The second kappa shape index (κ2) is 18.2. The van der Waals surface area contributed by atoms with Crippen molar-refractivity contribution in [3.05, 3.63) is 78.4 Å². The number of carbonyl (C=O) groups is 1. The maximum Gasteiger partial charge on any atom is 0.338 e. The molecule has 7 heteroatoms. The second-order valence-electron chi connectivity index (χ2n) is 13.0. The molecule has 0 radical (unpaired) electrons. The van der Waals surface area contributed by atoms with Gasteiger partial charge in [-0.1, -0.05) is 115 Å². The highest BCUT2D eigenvalue weighted by Crippen LogP contribution is 2.32. The number of esters is 1. The molecule has 0 aliphatic heterocycles. The SMILES string of the molecule is CCC(C)CCCCCC(CCCC(C)CC)COC(=O)c1cccc(-c2nc(-c3ccccc3O)nc(-c3ccccc3O)n2)c1. The molecule has 0 aliphatic carbocycles. The number of ether oxygens (including phenoxy) is 1.